The first kappa shape index (κ1) is 27.4. The zero-order chi connectivity index (χ0) is 27.1. The molecule has 0 atom stereocenters. The molecule has 1 amide bonds. The van der Waals surface area contributed by atoms with Crippen molar-refractivity contribution in [2.75, 3.05) is 12.4 Å². The standard InChI is InChI=1S/C29H30ClN5O2S/c1-5-37-25-16-14-24(15-17-25)35-27(21-8-12-23(30)13-9-21)33-34-28(35)38-19-26(36)32-31-18-20-6-10-22(11-7-20)29(2,3)4/h6-18H,5,19H2,1-4H3,(H,32,36)/b31-18+. The highest BCUT2D eigenvalue weighted by Crippen LogP contribution is 2.29. The van der Waals surface area contributed by atoms with Crippen LogP contribution in [0.15, 0.2) is 83.1 Å². The molecule has 1 aromatic heterocycles. The number of halogens is 1. The number of hydrazone groups is 1. The number of amides is 1. The zero-order valence-electron chi connectivity index (χ0n) is 21.8. The third-order valence-electron chi connectivity index (χ3n) is 5.65. The zero-order valence-corrected chi connectivity index (χ0v) is 23.4. The van der Waals surface area contributed by atoms with Crippen LogP contribution < -0.4 is 10.2 Å². The van der Waals surface area contributed by atoms with Crippen molar-refractivity contribution in [1.29, 1.82) is 0 Å². The van der Waals surface area contributed by atoms with Crippen molar-refractivity contribution in [2.24, 2.45) is 5.10 Å². The van der Waals surface area contributed by atoms with E-state index in [9.17, 15) is 4.79 Å². The number of carbonyl (C=O) groups excluding carboxylic acids is 1. The Bertz CT molecular complexity index is 1390. The van der Waals surface area contributed by atoms with Crippen LogP contribution in [0.4, 0.5) is 0 Å². The van der Waals surface area contributed by atoms with Gasteiger partial charge in [-0.05, 0) is 72.0 Å². The number of rotatable bonds is 9. The molecule has 0 unspecified atom stereocenters. The van der Waals surface area contributed by atoms with E-state index in [1.165, 1.54) is 17.3 Å². The number of benzene rings is 3. The lowest BCUT2D eigenvalue weighted by Crippen LogP contribution is -2.20. The maximum Gasteiger partial charge on any atom is 0.250 e. The molecule has 0 fully saturated rings. The van der Waals surface area contributed by atoms with E-state index in [1.54, 1.807) is 6.21 Å². The first-order valence-corrected chi connectivity index (χ1v) is 13.6. The lowest BCUT2D eigenvalue weighted by atomic mass is 9.87. The predicted molar refractivity (Wildman–Crippen MR) is 155 cm³/mol. The number of thioether (sulfide) groups is 1. The van der Waals surface area contributed by atoms with Crippen LogP contribution in [-0.4, -0.2) is 39.2 Å². The lowest BCUT2D eigenvalue weighted by molar-refractivity contribution is -0.118. The third kappa shape index (κ3) is 7.02. The van der Waals surface area contributed by atoms with Crippen molar-refractivity contribution in [2.45, 2.75) is 38.3 Å². The predicted octanol–water partition coefficient (Wildman–Crippen LogP) is 6.53. The first-order valence-electron chi connectivity index (χ1n) is 12.2. The summed E-state index contributed by atoms with van der Waals surface area (Å²) in [7, 11) is 0. The molecule has 1 heterocycles. The van der Waals surface area contributed by atoms with Gasteiger partial charge in [0.15, 0.2) is 11.0 Å². The monoisotopic (exact) mass is 547 g/mol. The van der Waals surface area contributed by atoms with Gasteiger partial charge in [0, 0.05) is 16.3 Å². The van der Waals surface area contributed by atoms with Crippen molar-refractivity contribution < 1.29 is 9.53 Å². The van der Waals surface area contributed by atoms with Crippen LogP contribution in [0.25, 0.3) is 17.1 Å². The highest BCUT2D eigenvalue weighted by Gasteiger charge is 2.18. The molecule has 0 saturated carbocycles. The Hall–Kier alpha value is -3.62. The van der Waals surface area contributed by atoms with Gasteiger partial charge in [-0.2, -0.15) is 5.10 Å². The Morgan fingerprint density at radius 1 is 1.03 bits per heavy atom. The number of nitrogens with zero attached hydrogens (tertiary/aromatic N) is 4. The fourth-order valence-electron chi connectivity index (χ4n) is 3.65. The average Bonchev–Trinajstić information content (AvgIpc) is 3.32. The normalized spacial score (nSPS) is 11.6. The van der Waals surface area contributed by atoms with Crippen molar-refractivity contribution in [3.8, 4) is 22.8 Å². The second-order valence-corrected chi connectivity index (χ2v) is 10.9. The highest BCUT2D eigenvalue weighted by atomic mass is 35.5. The maximum absolute atomic E-state index is 12.5. The van der Waals surface area contributed by atoms with Crippen LogP contribution in [0, 0.1) is 0 Å². The van der Waals surface area contributed by atoms with Crippen molar-refractivity contribution >= 4 is 35.5 Å². The molecule has 0 radical (unpaired) electrons. The van der Waals surface area contributed by atoms with Crippen LogP contribution in [0.5, 0.6) is 5.75 Å². The van der Waals surface area contributed by atoms with Gasteiger partial charge in [0.05, 0.1) is 18.6 Å². The number of carbonyl (C=O) groups is 1. The van der Waals surface area contributed by atoms with Crippen molar-refractivity contribution in [1.82, 2.24) is 20.2 Å². The van der Waals surface area contributed by atoms with Gasteiger partial charge in [0.1, 0.15) is 5.75 Å². The third-order valence-corrected chi connectivity index (χ3v) is 6.83. The fraction of sp³-hybridized carbons (Fsp3) is 0.241. The lowest BCUT2D eigenvalue weighted by Gasteiger charge is -2.18. The molecule has 4 rings (SSSR count). The quantitative estimate of drug-likeness (QED) is 0.146. The van der Waals surface area contributed by atoms with Crippen molar-refractivity contribution in [3.05, 3.63) is 88.9 Å². The van der Waals surface area contributed by atoms with Crippen molar-refractivity contribution in [3.63, 3.8) is 0 Å². The van der Waals surface area contributed by atoms with Gasteiger partial charge in [0.2, 0.25) is 0 Å². The fourth-order valence-corrected chi connectivity index (χ4v) is 4.52. The van der Waals surface area contributed by atoms with Crippen LogP contribution in [0.1, 0.15) is 38.8 Å². The topological polar surface area (TPSA) is 81.4 Å². The van der Waals surface area contributed by atoms with Gasteiger partial charge >= 0.3 is 0 Å². The molecule has 0 aliphatic heterocycles. The Balaban J connectivity index is 1.47. The number of ether oxygens (including phenoxy) is 1. The Morgan fingerprint density at radius 2 is 1.71 bits per heavy atom. The molecular formula is C29H30ClN5O2S. The maximum atomic E-state index is 12.5. The van der Waals surface area contributed by atoms with Gasteiger partial charge in [0.25, 0.3) is 5.91 Å². The number of hydrogen-bond acceptors (Lipinski definition) is 6. The molecule has 9 heteroatoms. The molecular weight excluding hydrogens is 518 g/mol. The second-order valence-electron chi connectivity index (χ2n) is 9.53. The average molecular weight is 548 g/mol. The molecule has 4 aromatic rings. The van der Waals surface area contributed by atoms with Crippen LogP contribution >= 0.6 is 23.4 Å². The van der Waals surface area contributed by atoms with E-state index < -0.39 is 0 Å². The van der Waals surface area contributed by atoms with E-state index in [1.807, 2.05) is 72.2 Å². The number of aromatic nitrogens is 3. The number of nitrogens with one attached hydrogen (secondary N) is 1. The first-order chi connectivity index (χ1) is 18.2. The van der Waals surface area contributed by atoms with E-state index >= 15 is 0 Å². The second kappa shape index (κ2) is 12.3. The summed E-state index contributed by atoms with van der Waals surface area (Å²) in [6.07, 6.45) is 1.63. The Labute approximate surface area is 232 Å². The molecule has 0 aliphatic rings. The summed E-state index contributed by atoms with van der Waals surface area (Å²) in [5.74, 6) is 1.30. The van der Waals surface area contributed by atoms with Crippen LogP contribution in [0.2, 0.25) is 5.02 Å². The minimum atomic E-state index is -0.244. The molecule has 0 spiro atoms. The molecule has 38 heavy (non-hydrogen) atoms. The summed E-state index contributed by atoms with van der Waals surface area (Å²) in [5.41, 5.74) is 6.53. The van der Waals surface area contributed by atoms with Gasteiger partial charge in [-0.25, -0.2) is 5.43 Å². The van der Waals surface area contributed by atoms with E-state index in [-0.39, 0.29) is 17.1 Å². The van der Waals surface area contributed by atoms with Gasteiger partial charge in [-0.3, -0.25) is 9.36 Å². The summed E-state index contributed by atoms with van der Waals surface area (Å²) in [5, 5.41) is 14.1. The molecule has 0 bridgehead atoms. The van der Waals surface area contributed by atoms with Gasteiger partial charge in [-0.1, -0.05) is 68.4 Å². The van der Waals surface area contributed by atoms with E-state index in [2.05, 4.69) is 53.6 Å². The van der Waals surface area contributed by atoms with Gasteiger partial charge < -0.3 is 4.74 Å². The van der Waals surface area contributed by atoms with E-state index in [0.29, 0.717) is 22.6 Å². The molecule has 3 aromatic carbocycles. The Morgan fingerprint density at radius 3 is 2.34 bits per heavy atom. The summed E-state index contributed by atoms with van der Waals surface area (Å²) in [6.45, 7) is 9.04. The van der Waals surface area contributed by atoms with E-state index in [4.69, 9.17) is 16.3 Å². The smallest absolute Gasteiger partial charge is 0.250 e. The van der Waals surface area contributed by atoms with Crippen LogP contribution in [-0.2, 0) is 10.2 Å². The van der Waals surface area contributed by atoms with Gasteiger partial charge in [-0.15, -0.1) is 10.2 Å². The minimum Gasteiger partial charge on any atom is -0.494 e. The van der Waals surface area contributed by atoms with E-state index in [0.717, 1.165) is 22.6 Å². The summed E-state index contributed by atoms with van der Waals surface area (Å²) < 4.78 is 7.49. The Kier molecular flexibility index (Phi) is 8.86. The minimum absolute atomic E-state index is 0.0837. The largest absolute Gasteiger partial charge is 0.494 e. The SMILES string of the molecule is CCOc1ccc(-n2c(SCC(=O)N/N=C/c3ccc(C(C)(C)C)cc3)nnc2-c2ccc(Cl)cc2)cc1. The number of hydrogen-bond donors (Lipinski definition) is 1. The summed E-state index contributed by atoms with van der Waals surface area (Å²) in [4.78, 5) is 12.5. The van der Waals surface area contributed by atoms with Crippen LogP contribution in [0.3, 0.4) is 0 Å². The molecule has 196 valence electrons. The molecule has 1 N–H and O–H groups in total. The molecule has 0 saturated heterocycles. The highest BCUT2D eigenvalue weighted by molar-refractivity contribution is 7.99. The summed E-state index contributed by atoms with van der Waals surface area (Å²) >= 11 is 7.36. The molecule has 0 aliphatic carbocycles. The molecule has 7 nitrogen and oxygen atoms in total. The summed E-state index contributed by atoms with van der Waals surface area (Å²) in [6, 6.07) is 23.2.